The van der Waals surface area contributed by atoms with Crippen molar-refractivity contribution in [3.63, 3.8) is 0 Å². The number of hydrazine groups is 1. The number of aryl methyl sites for hydroxylation is 2. The standard InChI is InChI=1S/C18H21ClN4S2/c1-12-3-4-13(2)16(11-12)21-18(25)23-22-17(24)20-10-9-14-5-7-15(19)8-6-14/h3-8,11H,9-10H2,1-2H3,(H2,20,22,24)(H2,21,23,25). The number of nitrogens with one attached hydrogen (secondary N) is 4. The minimum absolute atomic E-state index is 0.454. The molecule has 0 atom stereocenters. The number of hydrogen-bond acceptors (Lipinski definition) is 2. The number of thiocarbonyl (C=S) groups is 2. The van der Waals surface area contributed by atoms with Gasteiger partial charge in [0.25, 0.3) is 0 Å². The molecule has 2 aromatic carbocycles. The van der Waals surface area contributed by atoms with Crippen LogP contribution in [0.1, 0.15) is 16.7 Å². The highest BCUT2D eigenvalue weighted by molar-refractivity contribution is 7.80. The fourth-order valence-electron chi connectivity index (χ4n) is 2.15. The van der Waals surface area contributed by atoms with E-state index in [9.17, 15) is 0 Å². The summed E-state index contributed by atoms with van der Waals surface area (Å²) < 4.78 is 0. The summed E-state index contributed by atoms with van der Waals surface area (Å²) in [5.41, 5.74) is 10.2. The van der Waals surface area contributed by atoms with Crippen molar-refractivity contribution in [1.29, 1.82) is 0 Å². The number of halogens is 1. The fraction of sp³-hybridized carbons (Fsp3) is 0.222. The van der Waals surface area contributed by atoms with Crippen LogP contribution in [0.3, 0.4) is 0 Å². The summed E-state index contributed by atoms with van der Waals surface area (Å²) in [6, 6.07) is 13.9. The van der Waals surface area contributed by atoms with Gasteiger partial charge in [0.2, 0.25) is 0 Å². The van der Waals surface area contributed by atoms with Gasteiger partial charge in [-0.2, -0.15) is 0 Å². The Morgan fingerprint density at radius 2 is 1.64 bits per heavy atom. The third-order valence-electron chi connectivity index (χ3n) is 3.54. The van der Waals surface area contributed by atoms with Crippen molar-refractivity contribution in [2.45, 2.75) is 20.3 Å². The Bertz CT molecular complexity index is 747. The maximum atomic E-state index is 5.87. The first-order chi connectivity index (χ1) is 11.9. The average molecular weight is 393 g/mol. The molecule has 0 heterocycles. The molecule has 0 unspecified atom stereocenters. The van der Waals surface area contributed by atoms with Crippen molar-refractivity contribution in [3.8, 4) is 0 Å². The van der Waals surface area contributed by atoms with Crippen LogP contribution in [-0.4, -0.2) is 16.8 Å². The lowest BCUT2D eigenvalue weighted by Crippen LogP contribution is -2.48. The molecular weight excluding hydrogens is 372 g/mol. The highest BCUT2D eigenvalue weighted by atomic mass is 35.5. The van der Waals surface area contributed by atoms with Gasteiger partial charge in [-0.05, 0) is 79.6 Å². The van der Waals surface area contributed by atoms with Gasteiger partial charge in [-0.25, -0.2) is 0 Å². The summed E-state index contributed by atoms with van der Waals surface area (Å²) in [5.74, 6) is 0. The smallest absolute Gasteiger partial charge is 0.189 e. The largest absolute Gasteiger partial charge is 0.361 e. The maximum absolute atomic E-state index is 5.87. The van der Waals surface area contributed by atoms with Gasteiger partial charge in [-0.1, -0.05) is 35.9 Å². The SMILES string of the molecule is Cc1ccc(C)c(NC(=S)NNC(=S)NCCc2ccc(Cl)cc2)c1. The lowest BCUT2D eigenvalue weighted by Gasteiger charge is -2.15. The van der Waals surface area contributed by atoms with Gasteiger partial charge in [0, 0.05) is 17.3 Å². The summed E-state index contributed by atoms with van der Waals surface area (Å²) in [5, 5.41) is 7.95. The molecular formula is C18H21ClN4S2. The van der Waals surface area contributed by atoms with E-state index in [0.717, 1.165) is 22.7 Å². The lowest BCUT2D eigenvalue weighted by molar-refractivity contribution is 0.796. The molecule has 4 nitrogen and oxygen atoms in total. The van der Waals surface area contributed by atoms with Crippen LogP contribution in [0, 0.1) is 13.8 Å². The van der Waals surface area contributed by atoms with E-state index in [1.807, 2.05) is 44.2 Å². The van der Waals surface area contributed by atoms with Crippen LogP contribution in [0.4, 0.5) is 5.69 Å². The first-order valence-corrected chi connectivity index (χ1v) is 9.06. The van der Waals surface area contributed by atoms with E-state index in [2.05, 4.69) is 33.6 Å². The van der Waals surface area contributed by atoms with Gasteiger partial charge in [-0.15, -0.1) is 0 Å². The third kappa shape index (κ3) is 6.86. The highest BCUT2D eigenvalue weighted by Gasteiger charge is 2.02. The molecule has 0 radical (unpaired) electrons. The van der Waals surface area contributed by atoms with Crippen LogP contribution in [0.5, 0.6) is 0 Å². The summed E-state index contributed by atoms with van der Waals surface area (Å²) in [7, 11) is 0. The second-order valence-electron chi connectivity index (χ2n) is 5.65. The quantitative estimate of drug-likeness (QED) is 0.468. The monoisotopic (exact) mass is 392 g/mol. The second kappa shape index (κ2) is 9.56. The molecule has 132 valence electrons. The summed E-state index contributed by atoms with van der Waals surface area (Å²) in [6.45, 7) is 4.78. The Kier molecular flexibility index (Phi) is 7.43. The zero-order chi connectivity index (χ0) is 18.2. The van der Waals surface area contributed by atoms with Gasteiger partial charge < -0.3 is 10.6 Å². The molecule has 7 heteroatoms. The van der Waals surface area contributed by atoms with Crippen LogP contribution in [-0.2, 0) is 6.42 Å². The number of benzene rings is 2. The van der Waals surface area contributed by atoms with Gasteiger partial charge in [-0.3, -0.25) is 10.9 Å². The molecule has 0 saturated heterocycles. The van der Waals surface area contributed by atoms with Crippen LogP contribution in [0.2, 0.25) is 5.02 Å². The first kappa shape index (κ1) is 19.4. The number of rotatable bonds is 4. The van der Waals surface area contributed by atoms with Crippen molar-refractivity contribution in [3.05, 3.63) is 64.2 Å². The molecule has 0 fully saturated rings. The summed E-state index contributed by atoms with van der Waals surface area (Å²) >= 11 is 16.4. The van der Waals surface area contributed by atoms with Crippen LogP contribution in [0.25, 0.3) is 0 Å². The van der Waals surface area contributed by atoms with E-state index in [0.29, 0.717) is 16.8 Å². The predicted molar refractivity (Wildman–Crippen MR) is 114 cm³/mol. The van der Waals surface area contributed by atoms with E-state index >= 15 is 0 Å². The van der Waals surface area contributed by atoms with Crippen molar-refractivity contribution in [2.24, 2.45) is 0 Å². The zero-order valence-corrected chi connectivity index (χ0v) is 16.5. The second-order valence-corrected chi connectivity index (χ2v) is 6.91. The van der Waals surface area contributed by atoms with E-state index in [-0.39, 0.29) is 0 Å². The molecule has 0 aliphatic carbocycles. The van der Waals surface area contributed by atoms with E-state index < -0.39 is 0 Å². The van der Waals surface area contributed by atoms with E-state index in [1.165, 1.54) is 11.1 Å². The molecule has 0 saturated carbocycles. The molecule has 0 aliphatic heterocycles. The van der Waals surface area contributed by atoms with Crippen molar-refractivity contribution in [2.75, 3.05) is 11.9 Å². The summed E-state index contributed by atoms with van der Waals surface area (Å²) in [4.78, 5) is 0. The fourth-order valence-corrected chi connectivity index (χ4v) is 2.59. The molecule has 25 heavy (non-hydrogen) atoms. The first-order valence-electron chi connectivity index (χ1n) is 7.86. The number of anilines is 1. The molecule has 0 aliphatic rings. The minimum atomic E-state index is 0.454. The minimum Gasteiger partial charge on any atom is -0.361 e. The Morgan fingerprint density at radius 1 is 0.960 bits per heavy atom. The van der Waals surface area contributed by atoms with Gasteiger partial charge in [0.15, 0.2) is 10.2 Å². The Morgan fingerprint density at radius 3 is 2.36 bits per heavy atom. The van der Waals surface area contributed by atoms with Crippen molar-refractivity contribution >= 4 is 51.9 Å². The Balaban J connectivity index is 1.69. The Labute approximate surface area is 164 Å². The van der Waals surface area contributed by atoms with Crippen LogP contribution in [0.15, 0.2) is 42.5 Å². The molecule has 0 amide bonds. The van der Waals surface area contributed by atoms with Crippen molar-refractivity contribution < 1.29 is 0 Å². The molecule has 4 N–H and O–H groups in total. The van der Waals surface area contributed by atoms with E-state index in [4.69, 9.17) is 36.0 Å². The zero-order valence-electron chi connectivity index (χ0n) is 14.2. The normalized spacial score (nSPS) is 10.0. The van der Waals surface area contributed by atoms with Crippen LogP contribution < -0.4 is 21.5 Å². The topological polar surface area (TPSA) is 48.1 Å². The molecule has 0 aromatic heterocycles. The predicted octanol–water partition coefficient (Wildman–Crippen LogP) is 3.87. The van der Waals surface area contributed by atoms with Gasteiger partial charge in [0.1, 0.15) is 0 Å². The van der Waals surface area contributed by atoms with Gasteiger partial charge in [0.05, 0.1) is 0 Å². The average Bonchev–Trinajstić information content (AvgIpc) is 2.58. The maximum Gasteiger partial charge on any atom is 0.189 e. The summed E-state index contributed by atoms with van der Waals surface area (Å²) in [6.07, 6.45) is 0.851. The lowest BCUT2D eigenvalue weighted by atomic mass is 10.1. The molecule has 2 aromatic rings. The molecule has 2 rings (SSSR count). The third-order valence-corrected chi connectivity index (χ3v) is 4.25. The van der Waals surface area contributed by atoms with E-state index in [1.54, 1.807) is 0 Å². The van der Waals surface area contributed by atoms with Gasteiger partial charge >= 0.3 is 0 Å². The number of hydrogen-bond donors (Lipinski definition) is 4. The highest BCUT2D eigenvalue weighted by Crippen LogP contribution is 2.15. The molecule has 0 spiro atoms. The van der Waals surface area contributed by atoms with Crippen molar-refractivity contribution in [1.82, 2.24) is 16.2 Å². The Hall–Kier alpha value is -1.89. The molecule has 0 bridgehead atoms. The van der Waals surface area contributed by atoms with Crippen LogP contribution >= 0.6 is 36.0 Å².